The molecule has 5 nitrogen and oxygen atoms in total. The van der Waals surface area contributed by atoms with E-state index in [1.165, 1.54) is 0 Å². The van der Waals surface area contributed by atoms with E-state index in [9.17, 15) is 0 Å². The van der Waals surface area contributed by atoms with Crippen molar-refractivity contribution in [3.05, 3.63) is 11.7 Å². The summed E-state index contributed by atoms with van der Waals surface area (Å²) >= 11 is 0. The molecular weight excluding hydrogens is 204 g/mol. The maximum absolute atomic E-state index is 5.18. The third kappa shape index (κ3) is 2.80. The molecule has 0 aromatic carbocycles. The van der Waals surface area contributed by atoms with Crippen molar-refractivity contribution in [3.8, 4) is 0 Å². The number of aromatic nitrogens is 2. The summed E-state index contributed by atoms with van der Waals surface area (Å²) in [5.41, 5.74) is 0.166. The molecule has 2 rings (SSSR count). The molecule has 2 heterocycles. The Balaban J connectivity index is 1.84. The highest BCUT2D eigenvalue weighted by Crippen LogP contribution is 2.13. The highest BCUT2D eigenvalue weighted by Gasteiger charge is 2.28. The van der Waals surface area contributed by atoms with Gasteiger partial charge in [-0.25, -0.2) is 0 Å². The Bertz CT molecular complexity index is 330. The fourth-order valence-electron chi connectivity index (χ4n) is 1.94. The van der Waals surface area contributed by atoms with Crippen LogP contribution < -0.4 is 10.6 Å². The van der Waals surface area contributed by atoms with Gasteiger partial charge in [0.25, 0.3) is 0 Å². The van der Waals surface area contributed by atoms with Gasteiger partial charge in [-0.3, -0.25) is 0 Å². The van der Waals surface area contributed by atoms with Gasteiger partial charge in [-0.1, -0.05) is 12.1 Å². The molecule has 90 valence electrons. The van der Waals surface area contributed by atoms with Gasteiger partial charge in [0.1, 0.15) is 0 Å². The monoisotopic (exact) mass is 224 g/mol. The number of nitrogens with one attached hydrogen (secondary N) is 2. The van der Waals surface area contributed by atoms with Gasteiger partial charge in [0.15, 0.2) is 5.82 Å². The van der Waals surface area contributed by atoms with E-state index in [2.05, 4.69) is 34.6 Å². The van der Waals surface area contributed by atoms with E-state index >= 15 is 0 Å². The Morgan fingerprint density at radius 1 is 1.56 bits per heavy atom. The Hall–Kier alpha value is -0.940. The van der Waals surface area contributed by atoms with Gasteiger partial charge in [0.2, 0.25) is 5.89 Å². The summed E-state index contributed by atoms with van der Waals surface area (Å²) in [7, 11) is 0. The fraction of sp³-hybridized carbons (Fsp3) is 0.818. The lowest BCUT2D eigenvalue weighted by Gasteiger charge is -2.23. The van der Waals surface area contributed by atoms with Crippen molar-refractivity contribution in [2.24, 2.45) is 0 Å². The van der Waals surface area contributed by atoms with Crippen molar-refractivity contribution in [2.75, 3.05) is 13.1 Å². The van der Waals surface area contributed by atoms with Crippen LogP contribution in [0, 0.1) is 0 Å². The SMILES string of the molecule is CCCc1noc(CNC2(C)CCNC2)n1. The summed E-state index contributed by atoms with van der Waals surface area (Å²) < 4.78 is 5.18. The molecule has 1 atom stereocenters. The molecule has 0 amide bonds. The summed E-state index contributed by atoms with van der Waals surface area (Å²) in [4.78, 5) is 4.33. The zero-order valence-corrected chi connectivity index (χ0v) is 10.0. The lowest BCUT2D eigenvalue weighted by atomic mass is 10.0. The summed E-state index contributed by atoms with van der Waals surface area (Å²) in [5, 5.41) is 10.7. The molecule has 1 aliphatic heterocycles. The molecular formula is C11H20N4O. The van der Waals surface area contributed by atoms with Crippen molar-refractivity contribution in [3.63, 3.8) is 0 Å². The molecule has 1 saturated heterocycles. The normalized spacial score (nSPS) is 25.1. The number of hydrogen-bond acceptors (Lipinski definition) is 5. The number of aryl methyl sites for hydroxylation is 1. The second-order valence-corrected chi connectivity index (χ2v) is 4.70. The molecule has 16 heavy (non-hydrogen) atoms. The van der Waals surface area contributed by atoms with Gasteiger partial charge < -0.3 is 15.2 Å². The van der Waals surface area contributed by atoms with E-state index in [0.29, 0.717) is 12.4 Å². The van der Waals surface area contributed by atoms with Crippen molar-refractivity contribution < 1.29 is 4.52 Å². The predicted octanol–water partition coefficient (Wildman–Crippen LogP) is 0.864. The number of rotatable bonds is 5. The predicted molar refractivity (Wildman–Crippen MR) is 61.0 cm³/mol. The van der Waals surface area contributed by atoms with Crippen LogP contribution in [0.5, 0.6) is 0 Å². The first kappa shape index (κ1) is 11.5. The van der Waals surface area contributed by atoms with E-state index < -0.39 is 0 Å². The Kier molecular flexibility index (Phi) is 3.56. The first-order valence-corrected chi connectivity index (χ1v) is 5.99. The van der Waals surface area contributed by atoms with Crippen LogP contribution in [0.25, 0.3) is 0 Å². The Labute approximate surface area is 96.0 Å². The van der Waals surface area contributed by atoms with Gasteiger partial charge in [-0.15, -0.1) is 0 Å². The summed E-state index contributed by atoms with van der Waals surface area (Å²) in [6, 6.07) is 0. The minimum atomic E-state index is 0.166. The van der Waals surface area contributed by atoms with Crippen molar-refractivity contribution in [1.82, 2.24) is 20.8 Å². The van der Waals surface area contributed by atoms with Crippen LogP contribution in [0.2, 0.25) is 0 Å². The second-order valence-electron chi connectivity index (χ2n) is 4.70. The topological polar surface area (TPSA) is 63.0 Å². The molecule has 2 N–H and O–H groups in total. The minimum Gasteiger partial charge on any atom is -0.338 e. The van der Waals surface area contributed by atoms with Gasteiger partial charge >= 0.3 is 0 Å². The zero-order valence-electron chi connectivity index (χ0n) is 10.0. The van der Waals surface area contributed by atoms with Gasteiger partial charge in [0, 0.05) is 18.5 Å². The molecule has 1 aromatic heterocycles. The maximum atomic E-state index is 5.18. The van der Waals surface area contributed by atoms with Crippen molar-refractivity contribution in [2.45, 2.75) is 45.2 Å². The van der Waals surface area contributed by atoms with Crippen LogP contribution in [0.4, 0.5) is 0 Å². The molecule has 1 fully saturated rings. The lowest BCUT2D eigenvalue weighted by molar-refractivity contribution is 0.321. The van der Waals surface area contributed by atoms with E-state index in [1.54, 1.807) is 0 Å². The Morgan fingerprint density at radius 2 is 2.44 bits per heavy atom. The molecule has 0 spiro atoms. The van der Waals surface area contributed by atoms with Gasteiger partial charge in [-0.2, -0.15) is 4.98 Å². The van der Waals surface area contributed by atoms with E-state index in [-0.39, 0.29) is 5.54 Å². The molecule has 0 radical (unpaired) electrons. The van der Waals surface area contributed by atoms with Crippen LogP contribution in [0.1, 0.15) is 38.4 Å². The van der Waals surface area contributed by atoms with Crippen LogP contribution in [0.15, 0.2) is 4.52 Å². The first-order valence-electron chi connectivity index (χ1n) is 5.99. The third-order valence-electron chi connectivity index (χ3n) is 3.02. The number of hydrogen-bond donors (Lipinski definition) is 2. The quantitative estimate of drug-likeness (QED) is 0.777. The van der Waals surface area contributed by atoms with Crippen molar-refractivity contribution >= 4 is 0 Å². The molecule has 5 heteroatoms. The highest BCUT2D eigenvalue weighted by atomic mass is 16.5. The molecule has 0 aliphatic carbocycles. The van der Waals surface area contributed by atoms with Crippen LogP contribution in [0.3, 0.4) is 0 Å². The molecule has 0 saturated carbocycles. The highest BCUT2D eigenvalue weighted by molar-refractivity contribution is 4.94. The van der Waals surface area contributed by atoms with E-state index in [0.717, 1.165) is 38.2 Å². The smallest absolute Gasteiger partial charge is 0.240 e. The molecule has 1 unspecified atom stereocenters. The minimum absolute atomic E-state index is 0.166. The standard InChI is InChI=1S/C11H20N4O/c1-3-4-9-14-10(16-15-9)7-13-11(2)5-6-12-8-11/h12-13H,3-8H2,1-2H3. The molecule has 1 aliphatic rings. The molecule has 0 bridgehead atoms. The number of nitrogens with zero attached hydrogens (tertiary/aromatic N) is 2. The van der Waals surface area contributed by atoms with E-state index in [4.69, 9.17) is 4.52 Å². The summed E-state index contributed by atoms with van der Waals surface area (Å²) in [5.74, 6) is 1.51. The largest absolute Gasteiger partial charge is 0.338 e. The fourth-order valence-corrected chi connectivity index (χ4v) is 1.94. The summed E-state index contributed by atoms with van der Waals surface area (Å²) in [6.07, 6.45) is 3.08. The average Bonchev–Trinajstić information content (AvgIpc) is 2.86. The summed E-state index contributed by atoms with van der Waals surface area (Å²) in [6.45, 7) is 7.07. The van der Waals surface area contributed by atoms with Crippen LogP contribution >= 0.6 is 0 Å². The average molecular weight is 224 g/mol. The van der Waals surface area contributed by atoms with Crippen LogP contribution in [-0.4, -0.2) is 28.8 Å². The molecule has 1 aromatic rings. The van der Waals surface area contributed by atoms with Gasteiger partial charge in [-0.05, 0) is 26.3 Å². The van der Waals surface area contributed by atoms with Gasteiger partial charge in [0.05, 0.1) is 6.54 Å². The Morgan fingerprint density at radius 3 is 3.12 bits per heavy atom. The maximum Gasteiger partial charge on any atom is 0.240 e. The van der Waals surface area contributed by atoms with E-state index in [1.807, 2.05) is 0 Å². The van der Waals surface area contributed by atoms with Crippen molar-refractivity contribution in [1.29, 1.82) is 0 Å². The third-order valence-corrected chi connectivity index (χ3v) is 3.02. The lowest BCUT2D eigenvalue weighted by Crippen LogP contribution is -2.43. The zero-order chi connectivity index (χ0) is 11.4. The second kappa shape index (κ2) is 4.93. The first-order chi connectivity index (χ1) is 7.72. The van der Waals surface area contributed by atoms with Crippen LogP contribution in [-0.2, 0) is 13.0 Å².